The van der Waals surface area contributed by atoms with Gasteiger partial charge in [-0.05, 0) is 74.2 Å². The zero-order valence-electron chi connectivity index (χ0n) is 36.2. The van der Waals surface area contributed by atoms with Gasteiger partial charge < -0.3 is 83.2 Å². The van der Waals surface area contributed by atoms with Crippen LogP contribution < -0.4 is 74.5 Å². The van der Waals surface area contributed by atoms with Gasteiger partial charge in [-0.3, -0.25) is 29.1 Å². The molecule has 2 aromatic heterocycles. The molecule has 0 spiro atoms. The molecule has 4 heterocycles. The number of carbonyl (C=O) groups is 6. The molecule has 0 saturated heterocycles. The molecule has 14 N–H and O–H groups in total. The van der Waals surface area contributed by atoms with Crippen LogP contribution in [0, 0.1) is 0 Å². The first-order valence-electron chi connectivity index (χ1n) is 20.2. The Morgan fingerprint density at radius 1 is 0.672 bits per heavy atom. The molecule has 0 unspecified atom stereocenters. The Hall–Kier alpha value is -7.81. The summed E-state index contributed by atoms with van der Waals surface area (Å²) in [6.07, 6.45) is -1.52. The molecule has 2 aliphatic rings. The number of benzene rings is 2. The summed E-state index contributed by atoms with van der Waals surface area (Å²) in [6.45, 7) is 2.00. The van der Waals surface area contributed by atoms with Gasteiger partial charge in [-0.1, -0.05) is 0 Å². The molecule has 0 bridgehead atoms. The summed E-state index contributed by atoms with van der Waals surface area (Å²) in [5.41, 5.74) is 13.1. The van der Waals surface area contributed by atoms with Crippen LogP contribution in [-0.2, 0) is 19.2 Å². The van der Waals surface area contributed by atoms with Gasteiger partial charge in [0.2, 0.25) is 11.9 Å². The molecule has 2 amide bonds. The number of likely N-dealkylation sites (N-methyl/N-ethyl adjacent to an activating group) is 2. The Bertz CT molecular complexity index is 2380. The predicted molar refractivity (Wildman–Crippen MR) is 242 cm³/mol. The second-order valence-electron chi connectivity index (χ2n) is 15.1. The van der Waals surface area contributed by atoms with Crippen molar-refractivity contribution in [1.82, 2.24) is 30.6 Å². The number of nitrogen functional groups attached to an aromatic ring is 2. The number of aliphatic carboxylic acids is 4. The van der Waals surface area contributed by atoms with Crippen LogP contribution in [0.4, 0.5) is 46.3 Å². The summed E-state index contributed by atoms with van der Waals surface area (Å²) in [7, 11) is 3.57. The van der Waals surface area contributed by atoms with Crippen LogP contribution >= 0.6 is 0 Å². The number of nitrogens with one attached hydrogen (secondary N) is 8. The monoisotopic (exact) mass is 940 g/mol. The predicted octanol–water partition coefficient (Wildman–Crippen LogP) is -3.57. The fraction of sp³-hybridized carbons (Fsp3) is 0.350. The van der Waals surface area contributed by atoms with Gasteiger partial charge in [0.1, 0.15) is 23.5 Å². The third-order valence-electron chi connectivity index (χ3n) is 10.5. The number of carboxylic acid groups (broad SMARTS) is 4. The molecular weight excluding hydrogens is 893 g/mol. The van der Waals surface area contributed by atoms with Crippen LogP contribution in [0.25, 0.3) is 0 Å². The number of nitrogens with two attached hydrogens (primary N) is 2. The number of aromatic nitrogens is 4. The topological polar surface area (TPSA) is 411 Å². The first-order valence-corrected chi connectivity index (χ1v) is 20.2. The minimum absolute atomic E-state index is 0. The third kappa shape index (κ3) is 14.1. The van der Waals surface area contributed by atoms with Gasteiger partial charge in [0, 0.05) is 74.7 Å². The summed E-state index contributed by atoms with van der Waals surface area (Å²) in [6, 6.07) is 9.88. The number of rotatable bonds is 18. The minimum Gasteiger partial charge on any atom is -0.550 e. The van der Waals surface area contributed by atoms with Gasteiger partial charge in [0.15, 0.2) is 11.6 Å². The Balaban J connectivity index is 0.000000288. The van der Waals surface area contributed by atoms with Gasteiger partial charge in [0.05, 0.1) is 12.1 Å². The molecule has 2 aromatic carbocycles. The number of aromatic amines is 2. The molecule has 27 heteroatoms. The van der Waals surface area contributed by atoms with Crippen LogP contribution in [-0.4, -0.2) is 153 Å². The minimum atomic E-state index is -1.39. The summed E-state index contributed by atoms with van der Waals surface area (Å²) < 4.78 is 0. The standard InChI is InChI=1S/2C20H25N7O6.Mg/c2*1-27-12(9-23-16-15(27)18(31)26-20(21)25-16)8-22-11-4-2-10(3-5-11)17(30)24-13(19(32)33)6-7-14(28)29;/h2*2-5,12-13,22H,6-9H2,1H3,(H,24,30)(H,28,29)(H,32,33)(H4,21,23,25,26,31);/q;;+2/p-2/t2*12-,13-;/m00./s1. The number of H-pyrrole nitrogens is 2. The summed E-state index contributed by atoms with van der Waals surface area (Å²) in [5.74, 6) is -5.79. The molecule has 0 fully saturated rings. The van der Waals surface area contributed by atoms with Crippen molar-refractivity contribution in [2.24, 2.45) is 0 Å². The average Bonchev–Trinajstić information content (AvgIpc) is 3.25. The van der Waals surface area contributed by atoms with Gasteiger partial charge >= 0.3 is 35.0 Å². The fourth-order valence-corrected chi connectivity index (χ4v) is 6.83. The van der Waals surface area contributed by atoms with Gasteiger partial charge in [0.25, 0.3) is 22.9 Å². The number of fused-ring (bicyclic) bond motifs is 2. The molecule has 0 radical (unpaired) electrons. The van der Waals surface area contributed by atoms with Crippen molar-refractivity contribution in [2.45, 2.75) is 49.9 Å². The summed E-state index contributed by atoms with van der Waals surface area (Å²) in [4.78, 5) is 109. The quantitative estimate of drug-likeness (QED) is 0.0429. The van der Waals surface area contributed by atoms with E-state index in [0.29, 0.717) is 60.6 Å². The van der Waals surface area contributed by atoms with Crippen molar-refractivity contribution in [3.8, 4) is 0 Å². The van der Waals surface area contributed by atoms with E-state index in [9.17, 15) is 48.6 Å². The molecule has 67 heavy (non-hydrogen) atoms. The van der Waals surface area contributed by atoms with E-state index in [-0.39, 0.29) is 82.1 Å². The van der Waals surface area contributed by atoms with Crippen LogP contribution in [0.2, 0.25) is 0 Å². The van der Waals surface area contributed by atoms with E-state index in [1.807, 2.05) is 9.80 Å². The first-order chi connectivity index (χ1) is 31.3. The van der Waals surface area contributed by atoms with Crippen molar-refractivity contribution in [3.63, 3.8) is 0 Å². The fourth-order valence-electron chi connectivity index (χ4n) is 6.83. The molecule has 4 aromatic rings. The maximum absolute atomic E-state index is 12.3. The van der Waals surface area contributed by atoms with Crippen molar-refractivity contribution < 1.29 is 49.2 Å². The Morgan fingerprint density at radius 2 is 1.01 bits per heavy atom. The number of hydrogen-bond acceptors (Lipinski definition) is 20. The molecular formula is C40H48MgN14O12. The number of nitrogens with zero attached hydrogens (tertiary/aromatic N) is 4. The average molecular weight is 941 g/mol. The number of anilines is 8. The van der Waals surface area contributed by atoms with E-state index in [1.165, 1.54) is 24.3 Å². The Labute approximate surface area is 396 Å². The summed E-state index contributed by atoms with van der Waals surface area (Å²) in [5, 5.41) is 56.7. The van der Waals surface area contributed by atoms with Crippen LogP contribution in [0.15, 0.2) is 58.1 Å². The van der Waals surface area contributed by atoms with E-state index < -0.39 is 60.6 Å². The third-order valence-corrected chi connectivity index (χ3v) is 10.5. The number of hydrogen-bond donors (Lipinski definition) is 12. The van der Waals surface area contributed by atoms with Gasteiger partial charge in [-0.15, -0.1) is 0 Å². The maximum Gasteiger partial charge on any atom is 2.00 e. The van der Waals surface area contributed by atoms with E-state index in [2.05, 4.69) is 51.8 Å². The molecule has 6 rings (SSSR count). The molecule has 2 aliphatic heterocycles. The molecule has 352 valence electrons. The van der Waals surface area contributed by atoms with Gasteiger partial charge in [-0.2, -0.15) is 9.97 Å². The molecule has 4 atom stereocenters. The van der Waals surface area contributed by atoms with Crippen LogP contribution in [0.3, 0.4) is 0 Å². The number of carbonyl (C=O) groups excluding carboxylic acids is 4. The van der Waals surface area contributed by atoms with E-state index in [0.717, 1.165) is 0 Å². The van der Waals surface area contributed by atoms with Crippen molar-refractivity contribution in [2.75, 3.05) is 82.8 Å². The second kappa shape index (κ2) is 23.4. The van der Waals surface area contributed by atoms with Crippen LogP contribution in [0.1, 0.15) is 46.4 Å². The summed E-state index contributed by atoms with van der Waals surface area (Å²) >= 11 is 0. The van der Waals surface area contributed by atoms with E-state index in [4.69, 9.17) is 21.7 Å². The maximum atomic E-state index is 12.3. The van der Waals surface area contributed by atoms with E-state index in [1.54, 1.807) is 38.4 Å². The number of carboxylic acids is 4. The SMILES string of the molecule is CN1c2c(nc(N)[nH]c2=O)NC[C@@H]1CNc1ccc(C(=O)N[C@@H](CCC(=O)[O-])C(=O)O)cc1.CN1c2c(nc(N)[nH]c2=O)NC[C@@H]1CNc1ccc(C(=O)N[C@@H](CCC(=O)[O-])C(=O)O)cc1.[Mg+2]. The van der Waals surface area contributed by atoms with Gasteiger partial charge in [-0.25, -0.2) is 9.59 Å². The largest absolute Gasteiger partial charge is 2.00 e. The Kier molecular flexibility index (Phi) is 18.1. The molecule has 0 aliphatic carbocycles. The normalized spacial score (nSPS) is 15.4. The van der Waals surface area contributed by atoms with Crippen LogP contribution in [0.5, 0.6) is 0 Å². The first kappa shape index (κ1) is 51.8. The van der Waals surface area contributed by atoms with Crippen molar-refractivity contribution >= 4 is 105 Å². The Morgan fingerprint density at radius 3 is 1.33 bits per heavy atom. The van der Waals surface area contributed by atoms with Crippen molar-refractivity contribution in [3.05, 3.63) is 80.4 Å². The smallest absolute Gasteiger partial charge is 0.550 e. The molecule has 26 nitrogen and oxygen atoms in total. The van der Waals surface area contributed by atoms with E-state index >= 15 is 0 Å². The van der Waals surface area contributed by atoms with Crippen molar-refractivity contribution in [1.29, 1.82) is 0 Å². The molecule has 0 saturated carbocycles. The number of amides is 2. The second-order valence-corrected chi connectivity index (χ2v) is 15.1. The zero-order valence-corrected chi connectivity index (χ0v) is 37.6. The zero-order chi connectivity index (χ0) is 48.2.